The van der Waals surface area contributed by atoms with Crippen LogP contribution < -0.4 is 19.7 Å². The maximum atomic E-state index is 13.1. The molecule has 7 heteroatoms. The minimum Gasteiger partial charge on any atom is -0.493 e. The van der Waals surface area contributed by atoms with E-state index in [0.717, 1.165) is 5.56 Å². The fourth-order valence-corrected chi connectivity index (χ4v) is 3.05. The van der Waals surface area contributed by atoms with Gasteiger partial charge in [-0.15, -0.1) is 0 Å². The molecule has 1 aliphatic rings. The molecule has 1 fully saturated rings. The molecule has 0 unspecified atom stereocenters. The van der Waals surface area contributed by atoms with Crippen molar-refractivity contribution in [3.8, 4) is 11.5 Å². The smallest absolute Gasteiger partial charge is 0.244 e. The van der Waals surface area contributed by atoms with Gasteiger partial charge < -0.3 is 19.7 Å². The highest BCUT2D eigenvalue weighted by Crippen LogP contribution is 2.28. The molecule has 2 amide bonds. The Labute approximate surface area is 162 Å². The van der Waals surface area contributed by atoms with Crippen molar-refractivity contribution in [2.45, 2.75) is 12.5 Å². The van der Waals surface area contributed by atoms with Crippen molar-refractivity contribution in [2.24, 2.45) is 0 Å². The van der Waals surface area contributed by atoms with Crippen LogP contribution in [-0.2, 0) is 9.59 Å². The number of hydrogen-bond donors (Lipinski definition) is 1. The molecule has 6 nitrogen and oxygen atoms in total. The van der Waals surface area contributed by atoms with E-state index < -0.39 is 0 Å². The Morgan fingerprint density at radius 3 is 2.54 bits per heavy atom. The van der Waals surface area contributed by atoms with Gasteiger partial charge in [0.1, 0.15) is 5.82 Å². The maximum absolute atomic E-state index is 13.1. The second-order valence-electron chi connectivity index (χ2n) is 6.34. The van der Waals surface area contributed by atoms with Gasteiger partial charge >= 0.3 is 0 Å². The molecule has 2 aromatic rings. The third kappa shape index (κ3) is 4.49. The minimum atomic E-state index is -0.361. The molecule has 0 aromatic heterocycles. The Bertz CT molecular complexity index is 896. The number of anilines is 1. The first-order chi connectivity index (χ1) is 13.5. The van der Waals surface area contributed by atoms with Crippen LogP contribution >= 0.6 is 0 Å². The number of methoxy groups -OCH3 is 2. The van der Waals surface area contributed by atoms with E-state index in [-0.39, 0.29) is 30.1 Å². The third-order valence-corrected chi connectivity index (χ3v) is 4.44. The van der Waals surface area contributed by atoms with E-state index in [1.54, 1.807) is 55.5 Å². The Morgan fingerprint density at radius 2 is 1.86 bits per heavy atom. The number of nitrogens with zero attached hydrogens (tertiary/aromatic N) is 1. The number of carbonyl (C=O) groups excluding carboxylic acids is 2. The van der Waals surface area contributed by atoms with E-state index in [4.69, 9.17) is 9.47 Å². The fourth-order valence-electron chi connectivity index (χ4n) is 3.05. The molecule has 0 saturated carbocycles. The summed E-state index contributed by atoms with van der Waals surface area (Å²) >= 11 is 0. The Balaban J connectivity index is 1.60. The predicted octanol–water partition coefficient (Wildman–Crippen LogP) is 2.78. The van der Waals surface area contributed by atoms with Crippen LogP contribution in [0.5, 0.6) is 11.5 Å². The number of rotatable bonds is 6. The van der Waals surface area contributed by atoms with Crippen molar-refractivity contribution < 1.29 is 23.5 Å². The quantitative estimate of drug-likeness (QED) is 0.778. The second-order valence-corrected chi connectivity index (χ2v) is 6.34. The molecule has 1 atom stereocenters. The summed E-state index contributed by atoms with van der Waals surface area (Å²) in [5, 5.41) is 2.82. The lowest BCUT2D eigenvalue weighted by Crippen LogP contribution is -2.36. The molecule has 3 rings (SSSR count). The van der Waals surface area contributed by atoms with Gasteiger partial charge in [-0.25, -0.2) is 4.39 Å². The lowest BCUT2D eigenvalue weighted by Gasteiger charge is -2.16. The van der Waals surface area contributed by atoms with E-state index in [0.29, 0.717) is 23.7 Å². The Hall–Kier alpha value is -3.35. The summed E-state index contributed by atoms with van der Waals surface area (Å²) in [4.78, 5) is 26.0. The molecular formula is C21H21FN2O4. The van der Waals surface area contributed by atoms with Gasteiger partial charge in [0.15, 0.2) is 11.5 Å². The third-order valence-electron chi connectivity index (χ3n) is 4.44. The van der Waals surface area contributed by atoms with Crippen LogP contribution in [0.3, 0.4) is 0 Å². The van der Waals surface area contributed by atoms with Crippen molar-refractivity contribution in [3.63, 3.8) is 0 Å². The van der Waals surface area contributed by atoms with Crippen LogP contribution in [0, 0.1) is 5.82 Å². The molecule has 0 spiro atoms. The van der Waals surface area contributed by atoms with Crippen molar-refractivity contribution in [3.05, 3.63) is 59.9 Å². The van der Waals surface area contributed by atoms with Crippen molar-refractivity contribution in [2.75, 3.05) is 25.7 Å². The Morgan fingerprint density at radius 1 is 1.14 bits per heavy atom. The van der Waals surface area contributed by atoms with Gasteiger partial charge in [0.05, 0.1) is 20.3 Å². The number of amides is 2. The van der Waals surface area contributed by atoms with Crippen molar-refractivity contribution in [1.82, 2.24) is 5.32 Å². The van der Waals surface area contributed by atoms with Crippen LogP contribution in [0.25, 0.3) is 6.08 Å². The summed E-state index contributed by atoms with van der Waals surface area (Å²) in [6, 6.07) is 10.7. The van der Waals surface area contributed by atoms with Gasteiger partial charge in [-0.1, -0.05) is 6.07 Å². The molecule has 0 aliphatic carbocycles. The monoisotopic (exact) mass is 384 g/mol. The first-order valence-corrected chi connectivity index (χ1v) is 8.76. The molecular weight excluding hydrogens is 363 g/mol. The van der Waals surface area contributed by atoms with Gasteiger partial charge in [0.2, 0.25) is 11.8 Å². The molecule has 28 heavy (non-hydrogen) atoms. The van der Waals surface area contributed by atoms with Crippen molar-refractivity contribution in [1.29, 1.82) is 0 Å². The summed E-state index contributed by atoms with van der Waals surface area (Å²) in [6.07, 6.45) is 3.27. The summed E-state index contributed by atoms with van der Waals surface area (Å²) in [5.41, 5.74) is 1.40. The highest BCUT2D eigenvalue weighted by Gasteiger charge is 2.31. The molecule has 1 saturated heterocycles. The molecule has 0 bridgehead atoms. The highest BCUT2D eigenvalue weighted by molar-refractivity contribution is 5.98. The largest absolute Gasteiger partial charge is 0.493 e. The van der Waals surface area contributed by atoms with Crippen LogP contribution in [0.15, 0.2) is 48.5 Å². The number of hydrogen-bond acceptors (Lipinski definition) is 4. The van der Waals surface area contributed by atoms with E-state index in [2.05, 4.69) is 5.32 Å². The fraction of sp³-hybridized carbons (Fsp3) is 0.238. The zero-order valence-corrected chi connectivity index (χ0v) is 15.6. The van der Waals surface area contributed by atoms with E-state index in [9.17, 15) is 14.0 Å². The molecule has 146 valence electrons. The summed E-state index contributed by atoms with van der Waals surface area (Å²) in [7, 11) is 3.10. The van der Waals surface area contributed by atoms with Gasteiger partial charge in [0.25, 0.3) is 0 Å². The summed E-state index contributed by atoms with van der Waals surface area (Å²) in [5.74, 6) is 0.408. The average Bonchev–Trinajstić information content (AvgIpc) is 3.06. The van der Waals surface area contributed by atoms with E-state index in [1.807, 2.05) is 0 Å². The van der Waals surface area contributed by atoms with Crippen LogP contribution in [-0.4, -0.2) is 38.6 Å². The van der Waals surface area contributed by atoms with E-state index >= 15 is 0 Å². The normalized spacial score (nSPS) is 16.5. The molecule has 1 heterocycles. The zero-order valence-electron chi connectivity index (χ0n) is 15.6. The van der Waals surface area contributed by atoms with Gasteiger partial charge in [-0.05, 0) is 48.0 Å². The molecule has 0 radical (unpaired) electrons. The van der Waals surface area contributed by atoms with Crippen LogP contribution in [0.2, 0.25) is 0 Å². The number of nitrogens with one attached hydrogen (secondary N) is 1. The molecule has 2 aromatic carbocycles. The van der Waals surface area contributed by atoms with Gasteiger partial charge in [-0.3, -0.25) is 9.59 Å². The maximum Gasteiger partial charge on any atom is 0.244 e. The average molecular weight is 384 g/mol. The van der Waals surface area contributed by atoms with Crippen molar-refractivity contribution >= 4 is 23.6 Å². The number of benzene rings is 2. The topological polar surface area (TPSA) is 67.9 Å². The lowest BCUT2D eigenvalue weighted by molar-refractivity contribution is -0.117. The highest BCUT2D eigenvalue weighted by atomic mass is 19.1. The van der Waals surface area contributed by atoms with E-state index in [1.165, 1.54) is 18.2 Å². The van der Waals surface area contributed by atoms with Gasteiger partial charge in [0, 0.05) is 24.7 Å². The first-order valence-electron chi connectivity index (χ1n) is 8.76. The number of halogens is 1. The number of carbonyl (C=O) groups is 2. The van der Waals surface area contributed by atoms with Gasteiger partial charge in [-0.2, -0.15) is 0 Å². The van der Waals surface area contributed by atoms with Crippen LogP contribution in [0.1, 0.15) is 12.0 Å². The zero-order chi connectivity index (χ0) is 20.1. The predicted molar refractivity (Wildman–Crippen MR) is 104 cm³/mol. The molecule has 1 N–H and O–H groups in total. The second kappa shape index (κ2) is 8.56. The molecule has 1 aliphatic heterocycles. The lowest BCUT2D eigenvalue weighted by atomic mass is 10.2. The minimum absolute atomic E-state index is 0.110. The summed E-state index contributed by atoms with van der Waals surface area (Å²) in [6.45, 7) is 0.348. The van der Waals surface area contributed by atoms with Crippen LogP contribution in [0.4, 0.5) is 10.1 Å². The summed E-state index contributed by atoms with van der Waals surface area (Å²) < 4.78 is 23.5. The first kappa shape index (κ1) is 19.4. The number of ether oxygens (including phenoxy) is 2. The SMILES string of the molecule is COc1ccc(/C=C\C(=O)N[C@@H]2CC(=O)N(c3ccc(F)cc3)C2)cc1OC. The standard InChI is InChI=1S/C21H21FN2O4/c1-27-18-9-3-14(11-19(18)28-2)4-10-20(25)23-16-12-21(26)24(13-16)17-7-5-15(22)6-8-17/h3-11,16H,12-13H2,1-2H3,(H,23,25)/b10-4-/t16-/m1/s1. The Kier molecular flexibility index (Phi) is 5.93.